The SMILES string of the molecule is C=CCOc1ccc(/C=C2\C(=O)NC(=O)N(c3ccc(OCc4ccccc4)cc3)C2=O)cc1. The van der Waals surface area contributed by atoms with E-state index in [4.69, 9.17) is 9.47 Å². The monoisotopic (exact) mass is 454 g/mol. The summed E-state index contributed by atoms with van der Waals surface area (Å²) in [6, 6.07) is 22.3. The molecule has 7 nitrogen and oxygen atoms in total. The predicted octanol–water partition coefficient (Wildman–Crippen LogP) is 4.50. The largest absolute Gasteiger partial charge is 0.490 e. The van der Waals surface area contributed by atoms with Gasteiger partial charge in [0.1, 0.15) is 30.3 Å². The number of amides is 4. The Morgan fingerprint density at radius 2 is 1.47 bits per heavy atom. The van der Waals surface area contributed by atoms with Crippen LogP contribution >= 0.6 is 0 Å². The predicted molar refractivity (Wildman–Crippen MR) is 128 cm³/mol. The highest BCUT2D eigenvalue weighted by molar-refractivity contribution is 6.39. The van der Waals surface area contributed by atoms with Crippen LogP contribution in [0.2, 0.25) is 0 Å². The van der Waals surface area contributed by atoms with Crippen molar-refractivity contribution in [1.29, 1.82) is 0 Å². The molecule has 170 valence electrons. The maximum atomic E-state index is 13.1. The number of ether oxygens (including phenoxy) is 2. The summed E-state index contributed by atoms with van der Waals surface area (Å²) in [5, 5.41) is 2.22. The summed E-state index contributed by atoms with van der Waals surface area (Å²) < 4.78 is 11.2. The van der Waals surface area contributed by atoms with Crippen molar-refractivity contribution >= 4 is 29.6 Å². The van der Waals surface area contributed by atoms with Crippen molar-refractivity contribution in [2.45, 2.75) is 6.61 Å². The Bertz CT molecular complexity index is 1230. The first-order chi connectivity index (χ1) is 16.5. The van der Waals surface area contributed by atoms with E-state index in [-0.39, 0.29) is 5.57 Å². The van der Waals surface area contributed by atoms with Gasteiger partial charge in [-0.1, -0.05) is 55.1 Å². The molecule has 3 aromatic carbocycles. The maximum absolute atomic E-state index is 13.1. The zero-order valence-corrected chi connectivity index (χ0v) is 18.3. The molecule has 0 aromatic heterocycles. The molecule has 1 fully saturated rings. The molecule has 0 saturated carbocycles. The number of carbonyl (C=O) groups excluding carboxylic acids is 3. The molecule has 1 aliphatic heterocycles. The minimum absolute atomic E-state index is 0.149. The van der Waals surface area contributed by atoms with Gasteiger partial charge in [0, 0.05) is 0 Å². The molecule has 34 heavy (non-hydrogen) atoms. The summed E-state index contributed by atoms with van der Waals surface area (Å²) in [6.45, 7) is 4.36. The lowest BCUT2D eigenvalue weighted by molar-refractivity contribution is -0.122. The fourth-order valence-corrected chi connectivity index (χ4v) is 3.31. The minimum Gasteiger partial charge on any atom is -0.490 e. The average Bonchev–Trinajstić information content (AvgIpc) is 2.86. The second-order valence-corrected chi connectivity index (χ2v) is 7.39. The number of rotatable bonds is 8. The van der Waals surface area contributed by atoms with E-state index in [2.05, 4.69) is 11.9 Å². The van der Waals surface area contributed by atoms with Crippen LogP contribution in [0.5, 0.6) is 11.5 Å². The summed E-state index contributed by atoms with van der Waals surface area (Å²) in [5.74, 6) is -0.240. The Morgan fingerprint density at radius 3 is 2.15 bits per heavy atom. The lowest BCUT2D eigenvalue weighted by atomic mass is 10.1. The van der Waals surface area contributed by atoms with Gasteiger partial charge in [-0.2, -0.15) is 0 Å². The maximum Gasteiger partial charge on any atom is 0.335 e. The normalized spacial score (nSPS) is 14.6. The van der Waals surface area contributed by atoms with Crippen LogP contribution in [0.15, 0.2) is 97.1 Å². The zero-order chi connectivity index (χ0) is 23.9. The number of urea groups is 1. The third-order valence-electron chi connectivity index (χ3n) is 5.00. The molecule has 0 radical (unpaired) electrons. The first-order valence-corrected chi connectivity index (χ1v) is 10.6. The number of hydrogen-bond acceptors (Lipinski definition) is 5. The Morgan fingerprint density at radius 1 is 0.824 bits per heavy atom. The van der Waals surface area contributed by atoms with Gasteiger partial charge < -0.3 is 9.47 Å². The van der Waals surface area contributed by atoms with Gasteiger partial charge in [-0.3, -0.25) is 14.9 Å². The van der Waals surface area contributed by atoms with Crippen LogP contribution in [-0.2, 0) is 16.2 Å². The summed E-state index contributed by atoms with van der Waals surface area (Å²) in [5.41, 5.74) is 1.80. The second kappa shape index (κ2) is 10.3. The Labute approximate surface area is 196 Å². The smallest absolute Gasteiger partial charge is 0.335 e. The number of nitrogens with zero attached hydrogens (tertiary/aromatic N) is 1. The van der Waals surface area contributed by atoms with Gasteiger partial charge in [-0.05, 0) is 53.6 Å². The quantitative estimate of drug-likeness (QED) is 0.308. The lowest BCUT2D eigenvalue weighted by Crippen LogP contribution is -2.54. The average molecular weight is 454 g/mol. The molecule has 0 atom stereocenters. The lowest BCUT2D eigenvalue weighted by Gasteiger charge is -2.26. The highest BCUT2D eigenvalue weighted by atomic mass is 16.5. The number of anilines is 1. The van der Waals surface area contributed by atoms with E-state index in [1.165, 1.54) is 6.08 Å². The molecule has 0 bridgehead atoms. The highest BCUT2D eigenvalue weighted by Gasteiger charge is 2.36. The summed E-state index contributed by atoms with van der Waals surface area (Å²) >= 11 is 0. The third kappa shape index (κ3) is 5.21. The summed E-state index contributed by atoms with van der Waals surface area (Å²) in [4.78, 5) is 38.8. The fraction of sp³-hybridized carbons (Fsp3) is 0.0741. The first-order valence-electron chi connectivity index (χ1n) is 10.6. The van der Waals surface area contributed by atoms with Gasteiger partial charge in [0.15, 0.2) is 0 Å². The summed E-state index contributed by atoms with van der Waals surface area (Å²) in [7, 11) is 0. The van der Waals surface area contributed by atoms with Crippen LogP contribution in [-0.4, -0.2) is 24.5 Å². The van der Waals surface area contributed by atoms with E-state index in [1.807, 2.05) is 30.3 Å². The second-order valence-electron chi connectivity index (χ2n) is 7.39. The molecule has 3 aromatic rings. The van der Waals surface area contributed by atoms with E-state index in [1.54, 1.807) is 54.6 Å². The van der Waals surface area contributed by atoms with Crippen molar-refractivity contribution in [3.63, 3.8) is 0 Å². The van der Waals surface area contributed by atoms with Crippen LogP contribution in [0.25, 0.3) is 6.08 Å². The highest BCUT2D eigenvalue weighted by Crippen LogP contribution is 2.25. The van der Waals surface area contributed by atoms with Crippen molar-refractivity contribution in [1.82, 2.24) is 5.32 Å². The van der Waals surface area contributed by atoms with Crippen LogP contribution in [0.1, 0.15) is 11.1 Å². The first kappa shape index (κ1) is 22.5. The van der Waals surface area contributed by atoms with Crippen LogP contribution in [0.3, 0.4) is 0 Å². The minimum atomic E-state index is -0.807. The van der Waals surface area contributed by atoms with E-state index in [0.717, 1.165) is 10.5 Å². The Balaban J connectivity index is 1.50. The van der Waals surface area contributed by atoms with Crippen molar-refractivity contribution in [3.05, 3.63) is 108 Å². The molecule has 4 amide bonds. The number of hydrogen-bond donors (Lipinski definition) is 1. The molecule has 7 heteroatoms. The van der Waals surface area contributed by atoms with Gasteiger partial charge >= 0.3 is 6.03 Å². The van der Waals surface area contributed by atoms with Crippen LogP contribution < -0.4 is 19.7 Å². The van der Waals surface area contributed by atoms with Crippen molar-refractivity contribution < 1.29 is 23.9 Å². The molecule has 1 saturated heterocycles. The van der Waals surface area contributed by atoms with E-state index >= 15 is 0 Å². The molecule has 1 N–H and O–H groups in total. The van der Waals surface area contributed by atoms with Crippen molar-refractivity contribution in [3.8, 4) is 11.5 Å². The van der Waals surface area contributed by atoms with Crippen LogP contribution in [0.4, 0.5) is 10.5 Å². The van der Waals surface area contributed by atoms with E-state index in [9.17, 15) is 14.4 Å². The number of barbiturate groups is 1. The van der Waals surface area contributed by atoms with Gasteiger partial charge in [0.05, 0.1) is 5.69 Å². The van der Waals surface area contributed by atoms with Gasteiger partial charge in [0.25, 0.3) is 11.8 Å². The third-order valence-corrected chi connectivity index (χ3v) is 5.00. The Kier molecular flexibility index (Phi) is 6.84. The standard InChI is InChI=1S/C27H22N2O5/c1-2-16-33-22-12-8-19(9-13-22)17-24-25(30)28-27(32)29(26(24)31)21-10-14-23(15-11-21)34-18-20-6-4-3-5-7-20/h2-15,17H,1,16,18H2,(H,28,30,32)/b24-17+. The van der Waals surface area contributed by atoms with Gasteiger partial charge in [-0.15, -0.1) is 0 Å². The molecule has 1 heterocycles. The van der Waals surface area contributed by atoms with Gasteiger partial charge in [0.2, 0.25) is 0 Å². The molecule has 0 unspecified atom stereocenters. The fourth-order valence-electron chi connectivity index (χ4n) is 3.31. The topological polar surface area (TPSA) is 84.9 Å². The van der Waals surface area contributed by atoms with E-state index < -0.39 is 17.8 Å². The molecular weight excluding hydrogens is 432 g/mol. The van der Waals surface area contributed by atoms with Crippen LogP contribution in [0, 0.1) is 0 Å². The van der Waals surface area contributed by atoms with Gasteiger partial charge in [-0.25, -0.2) is 9.69 Å². The molecule has 0 aliphatic carbocycles. The molecular formula is C27H22N2O5. The van der Waals surface area contributed by atoms with E-state index in [0.29, 0.717) is 36.0 Å². The molecule has 1 aliphatic rings. The van der Waals surface area contributed by atoms with Crippen molar-refractivity contribution in [2.75, 3.05) is 11.5 Å². The number of carbonyl (C=O) groups is 3. The van der Waals surface area contributed by atoms with Crippen molar-refractivity contribution in [2.24, 2.45) is 0 Å². The summed E-state index contributed by atoms with van der Waals surface area (Å²) in [6.07, 6.45) is 3.07. The molecule has 4 rings (SSSR count). The zero-order valence-electron chi connectivity index (χ0n) is 18.3. The number of imide groups is 2. The Hall–Kier alpha value is -4.65. The molecule has 0 spiro atoms. The number of nitrogens with one attached hydrogen (secondary N) is 1. The number of benzene rings is 3.